The van der Waals surface area contributed by atoms with E-state index >= 15 is 0 Å². The number of nitrogens with zero attached hydrogens (tertiary/aromatic N) is 5. The van der Waals surface area contributed by atoms with Gasteiger partial charge in [0.1, 0.15) is 5.82 Å². The first kappa shape index (κ1) is 9.95. The first-order valence-corrected chi connectivity index (χ1v) is 5.42. The largest absolute Gasteiger partial charge is 0.368 e. The van der Waals surface area contributed by atoms with E-state index in [1.165, 1.54) is 0 Å². The Balaban J connectivity index is 1.69. The normalized spacial score (nSPS) is 15.6. The Hall–Kier alpha value is -2.24. The summed E-state index contributed by atoms with van der Waals surface area (Å²) < 4.78 is 0. The van der Waals surface area contributed by atoms with Crippen molar-refractivity contribution in [3.05, 3.63) is 36.5 Å². The molecule has 1 saturated heterocycles. The molecule has 0 unspecified atom stereocenters. The third-order valence-corrected chi connectivity index (χ3v) is 2.87. The van der Waals surface area contributed by atoms with Crippen LogP contribution in [0.2, 0.25) is 0 Å². The maximum Gasteiger partial charge on any atom is 0.220 e. The molecule has 0 atom stereocenters. The van der Waals surface area contributed by atoms with E-state index in [0.29, 0.717) is 11.9 Å². The molecule has 1 aliphatic heterocycles. The number of nitrogen functional groups attached to an aromatic ring is 1. The fourth-order valence-electron chi connectivity index (χ4n) is 1.92. The predicted octanol–water partition coefficient (Wildman–Crippen LogP) is 0.453. The van der Waals surface area contributed by atoms with E-state index in [0.717, 1.165) is 24.6 Å². The van der Waals surface area contributed by atoms with Gasteiger partial charge in [-0.1, -0.05) is 0 Å². The average Bonchev–Trinajstić information content (AvgIpc) is 2.28. The Bertz CT molecular complexity index is 508. The Kier molecular flexibility index (Phi) is 2.32. The van der Waals surface area contributed by atoms with Gasteiger partial charge in [-0.05, 0) is 6.07 Å². The van der Waals surface area contributed by atoms with Gasteiger partial charge in [-0.15, -0.1) is 0 Å². The summed E-state index contributed by atoms with van der Waals surface area (Å²) in [6, 6.07) is 1.91. The average molecular weight is 228 g/mol. The summed E-state index contributed by atoms with van der Waals surface area (Å²) in [6.45, 7) is 1.80. The maximum absolute atomic E-state index is 5.56. The molecule has 1 fully saturated rings. The van der Waals surface area contributed by atoms with E-state index in [1.807, 2.05) is 6.07 Å². The predicted molar refractivity (Wildman–Crippen MR) is 63.4 cm³/mol. The van der Waals surface area contributed by atoms with E-state index < -0.39 is 0 Å². The molecule has 0 spiro atoms. The van der Waals surface area contributed by atoms with E-state index in [9.17, 15) is 0 Å². The molecular weight excluding hydrogens is 216 g/mol. The highest BCUT2D eigenvalue weighted by Gasteiger charge is 2.30. The minimum atomic E-state index is 0.334. The van der Waals surface area contributed by atoms with Crippen LogP contribution in [0.5, 0.6) is 0 Å². The zero-order valence-corrected chi connectivity index (χ0v) is 9.19. The molecule has 0 saturated carbocycles. The summed E-state index contributed by atoms with van der Waals surface area (Å²) in [4.78, 5) is 18.6. The summed E-state index contributed by atoms with van der Waals surface area (Å²) in [7, 11) is 0. The van der Waals surface area contributed by atoms with Gasteiger partial charge in [-0.25, -0.2) is 15.0 Å². The van der Waals surface area contributed by atoms with Crippen molar-refractivity contribution in [2.24, 2.45) is 0 Å². The second-order valence-electron chi connectivity index (χ2n) is 4.01. The second-order valence-corrected chi connectivity index (χ2v) is 4.01. The zero-order chi connectivity index (χ0) is 11.7. The van der Waals surface area contributed by atoms with Gasteiger partial charge in [0, 0.05) is 37.6 Å². The lowest BCUT2D eigenvalue weighted by molar-refractivity contribution is 0.508. The molecular formula is C11H12N6. The van der Waals surface area contributed by atoms with Crippen LogP contribution in [0, 0.1) is 0 Å². The Morgan fingerprint density at radius 3 is 2.76 bits per heavy atom. The van der Waals surface area contributed by atoms with E-state index in [4.69, 9.17) is 5.73 Å². The molecule has 86 valence electrons. The summed E-state index contributed by atoms with van der Waals surface area (Å²) in [5.41, 5.74) is 6.56. The monoisotopic (exact) mass is 228 g/mol. The van der Waals surface area contributed by atoms with Crippen molar-refractivity contribution in [2.75, 3.05) is 23.7 Å². The summed E-state index contributed by atoms with van der Waals surface area (Å²) >= 11 is 0. The number of nitrogens with two attached hydrogens (primary N) is 1. The SMILES string of the molecule is Nc1nccc(C2CN(c3cnccn3)C2)n1. The highest BCUT2D eigenvalue weighted by Crippen LogP contribution is 2.28. The van der Waals surface area contributed by atoms with Crippen LogP contribution in [0.1, 0.15) is 11.6 Å². The first-order valence-electron chi connectivity index (χ1n) is 5.42. The quantitative estimate of drug-likeness (QED) is 0.803. The topological polar surface area (TPSA) is 80.8 Å². The van der Waals surface area contributed by atoms with Crippen LogP contribution in [-0.2, 0) is 0 Å². The molecule has 0 radical (unpaired) electrons. The van der Waals surface area contributed by atoms with Crippen LogP contribution < -0.4 is 10.6 Å². The van der Waals surface area contributed by atoms with Crippen molar-refractivity contribution in [3.8, 4) is 0 Å². The molecule has 6 heteroatoms. The minimum absolute atomic E-state index is 0.334. The number of hydrogen-bond acceptors (Lipinski definition) is 6. The summed E-state index contributed by atoms with van der Waals surface area (Å²) in [5.74, 6) is 1.65. The van der Waals surface area contributed by atoms with Crippen molar-refractivity contribution in [2.45, 2.75) is 5.92 Å². The van der Waals surface area contributed by atoms with E-state index in [1.54, 1.807) is 24.8 Å². The molecule has 0 aliphatic carbocycles. The molecule has 17 heavy (non-hydrogen) atoms. The van der Waals surface area contributed by atoms with Crippen molar-refractivity contribution < 1.29 is 0 Å². The zero-order valence-electron chi connectivity index (χ0n) is 9.19. The molecule has 3 rings (SSSR count). The van der Waals surface area contributed by atoms with E-state index in [-0.39, 0.29) is 0 Å². The van der Waals surface area contributed by atoms with Crippen LogP contribution in [0.3, 0.4) is 0 Å². The van der Waals surface area contributed by atoms with Crippen LogP contribution in [0.15, 0.2) is 30.9 Å². The lowest BCUT2D eigenvalue weighted by atomic mass is 9.96. The number of hydrogen-bond donors (Lipinski definition) is 1. The van der Waals surface area contributed by atoms with Crippen molar-refractivity contribution in [1.29, 1.82) is 0 Å². The highest BCUT2D eigenvalue weighted by molar-refractivity contribution is 5.42. The van der Waals surface area contributed by atoms with Gasteiger partial charge in [0.15, 0.2) is 0 Å². The lowest BCUT2D eigenvalue weighted by Gasteiger charge is -2.39. The van der Waals surface area contributed by atoms with Gasteiger partial charge >= 0.3 is 0 Å². The third-order valence-electron chi connectivity index (χ3n) is 2.87. The van der Waals surface area contributed by atoms with Crippen LogP contribution in [0.25, 0.3) is 0 Å². The summed E-state index contributed by atoms with van der Waals surface area (Å²) in [5, 5.41) is 0. The standard InChI is InChI=1S/C11H12N6/c12-11-15-2-1-9(16-11)8-6-17(7-8)10-5-13-3-4-14-10/h1-5,8H,6-7H2,(H2,12,15,16). The number of rotatable bonds is 2. The van der Waals surface area contributed by atoms with Gasteiger partial charge < -0.3 is 10.6 Å². The molecule has 1 aliphatic rings. The highest BCUT2D eigenvalue weighted by atomic mass is 15.2. The Labute approximate surface area is 98.6 Å². The molecule has 2 aromatic heterocycles. The van der Waals surface area contributed by atoms with Gasteiger partial charge in [0.2, 0.25) is 5.95 Å². The van der Waals surface area contributed by atoms with Crippen LogP contribution in [0.4, 0.5) is 11.8 Å². The third kappa shape index (κ3) is 1.89. The molecule has 2 N–H and O–H groups in total. The Morgan fingerprint density at radius 2 is 2.06 bits per heavy atom. The van der Waals surface area contributed by atoms with Crippen molar-refractivity contribution >= 4 is 11.8 Å². The van der Waals surface area contributed by atoms with Gasteiger partial charge in [-0.2, -0.15) is 0 Å². The maximum atomic E-state index is 5.56. The van der Waals surface area contributed by atoms with Crippen LogP contribution in [-0.4, -0.2) is 33.0 Å². The lowest BCUT2D eigenvalue weighted by Crippen LogP contribution is -2.45. The summed E-state index contributed by atoms with van der Waals surface area (Å²) in [6.07, 6.45) is 6.84. The molecule has 2 aromatic rings. The van der Waals surface area contributed by atoms with Crippen molar-refractivity contribution in [3.63, 3.8) is 0 Å². The van der Waals surface area contributed by atoms with E-state index in [2.05, 4.69) is 24.8 Å². The first-order chi connectivity index (χ1) is 8.33. The minimum Gasteiger partial charge on any atom is -0.368 e. The van der Waals surface area contributed by atoms with Gasteiger partial charge in [0.25, 0.3) is 0 Å². The fraction of sp³-hybridized carbons (Fsp3) is 0.273. The Morgan fingerprint density at radius 1 is 1.18 bits per heavy atom. The molecule has 3 heterocycles. The fourth-order valence-corrected chi connectivity index (χ4v) is 1.92. The second kappa shape index (κ2) is 3.97. The molecule has 0 aromatic carbocycles. The van der Waals surface area contributed by atoms with Gasteiger partial charge in [-0.3, -0.25) is 4.98 Å². The van der Waals surface area contributed by atoms with Crippen LogP contribution >= 0.6 is 0 Å². The number of aromatic nitrogens is 4. The molecule has 0 amide bonds. The van der Waals surface area contributed by atoms with Gasteiger partial charge in [0.05, 0.1) is 11.9 Å². The molecule has 6 nitrogen and oxygen atoms in total. The number of anilines is 2. The smallest absolute Gasteiger partial charge is 0.220 e. The van der Waals surface area contributed by atoms with Crippen molar-refractivity contribution in [1.82, 2.24) is 19.9 Å². The molecule has 0 bridgehead atoms.